The van der Waals surface area contributed by atoms with E-state index in [0.717, 1.165) is 11.0 Å². The molecule has 2 aromatic rings. The van der Waals surface area contributed by atoms with Crippen LogP contribution in [0, 0.1) is 0 Å². The van der Waals surface area contributed by atoms with Crippen LogP contribution >= 0.6 is 0 Å². The Hall–Kier alpha value is -1.63. The first-order valence-electron chi connectivity index (χ1n) is 5.39. The summed E-state index contributed by atoms with van der Waals surface area (Å²) in [6, 6.07) is 1.83. The van der Waals surface area contributed by atoms with E-state index in [0.29, 0.717) is 12.2 Å². The van der Waals surface area contributed by atoms with Gasteiger partial charge in [-0.3, -0.25) is 0 Å². The number of aromatic nitrogens is 3. The van der Waals surface area contributed by atoms with Gasteiger partial charge in [0.15, 0.2) is 9.84 Å². The molecule has 90 valence electrons. The maximum atomic E-state index is 11.4. The molecule has 3 heterocycles. The minimum absolute atomic E-state index is 0.0481. The fraction of sp³-hybridized carbons (Fsp3) is 0.400. The summed E-state index contributed by atoms with van der Waals surface area (Å²) < 4.78 is 22.7. The van der Waals surface area contributed by atoms with E-state index in [9.17, 15) is 8.42 Å². The molecule has 2 N–H and O–H groups in total. The lowest BCUT2D eigenvalue weighted by Crippen LogP contribution is -2.21. The molecule has 0 aromatic carbocycles. The number of rotatable bonds is 2. The number of aromatic amines is 1. The fourth-order valence-electron chi connectivity index (χ4n) is 2.09. The van der Waals surface area contributed by atoms with Gasteiger partial charge in [0.25, 0.3) is 0 Å². The molecule has 0 saturated carbocycles. The lowest BCUT2D eigenvalue weighted by atomic mass is 10.2. The Bertz CT molecular complexity index is 649. The maximum absolute atomic E-state index is 11.4. The maximum Gasteiger partial charge on any atom is 0.152 e. The van der Waals surface area contributed by atoms with Gasteiger partial charge in [0.1, 0.15) is 17.8 Å². The first-order valence-corrected chi connectivity index (χ1v) is 7.21. The van der Waals surface area contributed by atoms with Crippen LogP contribution in [-0.4, -0.2) is 40.9 Å². The molecular formula is C10H12N4O2S. The van der Waals surface area contributed by atoms with Gasteiger partial charge in [-0.2, -0.15) is 0 Å². The van der Waals surface area contributed by atoms with E-state index >= 15 is 0 Å². The zero-order valence-electron chi connectivity index (χ0n) is 9.05. The second-order valence-corrected chi connectivity index (χ2v) is 6.44. The van der Waals surface area contributed by atoms with Crippen LogP contribution in [0.1, 0.15) is 6.42 Å². The average molecular weight is 252 g/mol. The van der Waals surface area contributed by atoms with Crippen LogP contribution in [0.2, 0.25) is 0 Å². The topological polar surface area (TPSA) is 87.7 Å². The standard InChI is InChI=1S/C10H12N4O2S/c15-17(16)4-2-7(5-17)14-10-8-1-3-11-9(8)12-6-13-10/h1,3,6-7H,2,4-5H2,(H2,11,12,13,14). The van der Waals surface area contributed by atoms with Crippen LogP contribution in [0.5, 0.6) is 0 Å². The molecule has 0 amide bonds. The molecule has 0 spiro atoms. The molecule has 1 unspecified atom stereocenters. The predicted molar refractivity (Wildman–Crippen MR) is 64.6 cm³/mol. The van der Waals surface area contributed by atoms with Gasteiger partial charge in [0.2, 0.25) is 0 Å². The summed E-state index contributed by atoms with van der Waals surface area (Å²) in [5.74, 6) is 1.13. The Morgan fingerprint density at radius 2 is 2.29 bits per heavy atom. The largest absolute Gasteiger partial charge is 0.366 e. The Morgan fingerprint density at radius 3 is 3.06 bits per heavy atom. The van der Waals surface area contributed by atoms with Gasteiger partial charge in [-0.25, -0.2) is 18.4 Å². The summed E-state index contributed by atoms with van der Waals surface area (Å²) in [6.07, 6.45) is 3.89. The molecule has 1 aliphatic heterocycles. The summed E-state index contributed by atoms with van der Waals surface area (Å²) in [5.41, 5.74) is 0.753. The highest BCUT2D eigenvalue weighted by molar-refractivity contribution is 7.91. The molecule has 1 atom stereocenters. The highest BCUT2D eigenvalue weighted by Gasteiger charge is 2.28. The smallest absolute Gasteiger partial charge is 0.152 e. The molecule has 1 saturated heterocycles. The van der Waals surface area contributed by atoms with Gasteiger partial charge < -0.3 is 10.3 Å². The third-order valence-corrected chi connectivity index (χ3v) is 4.70. The van der Waals surface area contributed by atoms with Crippen LogP contribution in [0.15, 0.2) is 18.6 Å². The third kappa shape index (κ3) is 1.97. The van der Waals surface area contributed by atoms with E-state index < -0.39 is 9.84 Å². The summed E-state index contributed by atoms with van der Waals surface area (Å²) >= 11 is 0. The van der Waals surface area contributed by atoms with Crippen LogP contribution < -0.4 is 5.32 Å². The van der Waals surface area contributed by atoms with Crippen molar-refractivity contribution >= 4 is 26.7 Å². The second kappa shape index (κ2) is 3.69. The Kier molecular flexibility index (Phi) is 2.29. The molecule has 2 aromatic heterocycles. The van der Waals surface area contributed by atoms with E-state index in [2.05, 4.69) is 20.3 Å². The monoisotopic (exact) mass is 252 g/mol. The van der Waals surface area contributed by atoms with E-state index in [1.54, 1.807) is 6.20 Å². The molecule has 7 heteroatoms. The molecule has 17 heavy (non-hydrogen) atoms. The van der Waals surface area contributed by atoms with Gasteiger partial charge in [-0.05, 0) is 12.5 Å². The van der Waals surface area contributed by atoms with Gasteiger partial charge >= 0.3 is 0 Å². The number of sulfone groups is 1. The van der Waals surface area contributed by atoms with Crippen LogP contribution in [0.25, 0.3) is 11.0 Å². The summed E-state index contributed by atoms with van der Waals surface area (Å²) in [5, 5.41) is 4.06. The average Bonchev–Trinajstić information content (AvgIpc) is 2.85. The summed E-state index contributed by atoms with van der Waals surface area (Å²) in [7, 11) is -2.87. The molecule has 3 rings (SSSR count). The highest BCUT2D eigenvalue weighted by Crippen LogP contribution is 2.21. The molecule has 1 aliphatic rings. The minimum atomic E-state index is -2.87. The Morgan fingerprint density at radius 1 is 1.41 bits per heavy atom. The van der Waals surface area contributed by atoms with Crippen molar-refractivity contribution in [2.45, 2.75) is 12.5 Å². The predicted octanol–water partition coefficient (Wildman–Crippen LogP) is 0.557. The van der Waals surface area contributed by atoms with Crippen LogP contribution in [0.4, 0.5) is 5.82 Å². The lowest BCUT2D eigenvalue weighted by molar-refractivity contribution is 0.602. The number of fused-ring (bicyclic) bond motifs is 1. The van der Waals surface area contributed by atoms with E-state index in [4.69, 9.17) is 0 Å². The SMILES string of the molecule is O=S1(=O)CCC(Nc2ncnc3[nH]ccc23)C1. The Labute approximate surface area is 98.4 Å². The van der Waals surface area contributed by atoms with Crippen molar-refractivity contribution in [3.05, 3.63) is 18.6 Å². The van der Waals surface area contributed by atoms with E-state index in [-0.39, 0.29) is 17.5 Å². The minimum Gasteiger partial charge on any atom is -0.366 e. The number of H-pyrrole nitrogens is 1. The third-order valence-electron chi connectivity index (χ3n) is 2.93. The van der Waals surface area contributed by atoms with Gasteiger partial charge in [0.05, 0.1) is 16.9 Å². The second-order valence-electron chi connectivity index (χ2n) is 4.21. The molecule has 1 fully saturated rings. The first kappa shape index (κ1) is 10.5. The lowest BCUT2D eigenvalue weighted by Gasteiger charge is -2.11. The number of nitrogens with zero attached hydrogens (tertiary/aromatic N) is 2. The number of hydrogen-bond acceptors (Lipinski definition) is 5. The quantitative estimate of drug-likeness (QED) is 0.815. The first-order chi connectivity index (χ1) is 8.14. The van der Waals surface area contributed by atoms with Crippen molar-refractivity contribution < 1.29 is 8.42 Å². The van der Waals surface area contributed by atoms with E-state index in [1.807, 2.05) is 6.07 Å². The normalized spacial score (nSPS) is 22.9. The molecule has 0 aliphatic carbocycles. The fourth-order valence-corrected chi connectivity index (χ4v) is 3.76. The van der Waals surface area contributed by atoms with Crippen molar-refractivity contribution in [1.29, 1.82) is 0 Å². The molecular weight excluding hydrogens is 240 g/mol. The molecule has 6 nitrogen and oxygen atoms in total. The van der Waals surface area contributed by atoms with Crippen molar-refractivity contribution in [1.82, 2.24) is 15.0 Å². The van der Waals surface area contributed by atoms with Gasteiger partial charge in [0, 0.05) is 12.2 Å². The number of anilines is 1. The highest BCUT2D eigenvalue weighted by atomic mass is 32.2. The van der Waals surface area contributed by atoms with Crippen LogP contribution in [-0.2, 0) is 9.84 Å². The number of nitrogens with one attached hydrogen (secondary N) is 2. The zero-order chi connectivity index (χ0) is 11.9. The number of hydrogen-bond donors (Lipinski definition) is 2. The molecule has 0 bridgehead atoms. The molecule has 0 radical (unpaired) electrons. The van der Waals surface area contributed by atoms with Crippen molar-refractivity contribution in [2.75, 3.05) is 16.8 Å². The van der Waals surface area contributed by atoms with Gasteiger partial charge in [-0.15, -0.1) is 0 Å². The van der Waals surface area contributed by atoms with E-state index in [1.165, 1.54) is 6.33 Å². The van der Waals surface area contributed by atoms with Crippen molar-refractivity contribution in [3.63, 3.8) is 0 Å². The van der Waals surface area contributed by atoms with Crippen molar-refractivity contribution in [3.8, 4) is 0 Å². The van der Waals surface area contributed by atoms with Gasteiger partial charge in [-0.1, -0.05) is 0 Å². The summed E-state index contributed by atoms with van der Waals surface area (Å²) in [6.45, 7) is 0. The zero-order valence-corrected chi connectivity index (χ0v) is 9.87. The van der Waals surface area contributed by atoms with Crippen molar-refractivity contribution in [2.24, 2.45) is 0 Å². The Balaban J connectivity index is 1.88. The van der Waals surface area contributed by atoms with Crippen LogP contribution in [0.3, 0.4) is 0 Å². The summed E-state index contributed by atoms with van der Waals surface area (Å²) in [4.78, 5) is 11.2.